The summed E-state index contributed by atoms with van der Waals surface area (Å²) in [6, 6.07) is 0.231. The third-order valence-corrected chi connectivity index (χ3v) is 0.936. The Kier molecular flexibility index (Phi) is 4.63. The number of allylic oxidation sites excluding steroid dienone is 1. The molecule has 0 saturated heterocycles. The van der Waals surface area contributed by atoms with Gasteiger partial charge < -0.3 is 5.32 Å². The first-order valence-corrected chi connectivity index (χ1v) is 3.63. The van der Waals surface area contributed by atoms with Gasteiger partial charge in [0.05, 0.1) is 0 Å². The highest BCUT2D eigenvalue weighted by Gasteiger charge is 1.95. The molecule has 0 heterocycles. The molecule has 0 aromatic carbocycles. The maximum atomic E-state index is 10.8. The number of carbonyl (C=O) groups excluding carboxylic acids is 1. The van der Waals surface area contributed by atoms with Gasteiger partial charge in [-0.2, -0.15) is 0 Å². The number of amides is 1. The van der Waals surface area contributed by atoms with Gasteiger partial charge >= 0.3 is 0 Å². The van der Waals surface area contributed by atoms with Crippen LogP contribution in [0.2, 0.25) is 0 Å². The van der Waals surface area contributed by atoms with Crippen LogP contribution in [0.3, 0.4) is 0 Å². The molecule has 0 atom stereocenters. The summed E-state index contributed by atoms with van der Waals surface area (Å²) in [7, 11) is 0. The van der Waals surface area contributed by atoms with Crippen LogP contribution in [0.5, 0.6) is 0 Å². The second kappa shape index (κ2) is 5.03. The SMILES string of the molecule is CC/C=C/C(=O)NC(C)C. The fourth-order valence-corrected chi connectivity index (χ4v) is 0.558. The van der Waals surface area contributed by atoms with Crippen molar-refractivity contribution in [3.63, 3.8) is 0 Å². The van der Waals surface area contributed by atoms with Crippen LogP contribution in [0, 0.1) is 0 Å². The maximum Gasteiger partial charge on any atom is 0.243 e. The van der Waals surface area contributed by atoms with E-state index in [1.54, 1.807) is 6.08 Å². The Morgan fingerprint density at radius 1 is 1.60 bits per heavy atom. The van der Waals surface area contributed by atoms with Gasteiger partial charge in [0.1, 0.15) is 0 Å². The predicted molar refractivity (Wildman–Crippen MR) is 42.7 cm³/mol. The van der Waals surface area contributed by atoms with E-state index in [1.807, 2.05) is 26.8 Å². The standard InChI is InChI=1S/C8H15NO/c1-4-5-6-8(10)9-7(2)3/h5-7H,4H2,1-3H3,(H,9,10)/b6-5+. The second-order valence-electron chi connectivity index (χ2n) is 2.47. The van der Waals surface area contributed by atoms with Gasteiger partial charge in [0.25, 0.3) is 0 Å². The number of nitrogens with one attached hydrogen (secondary N) is 1. The van der Waals surface area contributed by atoms with Crippen LogP contribution in [-0.4, -0.2) is 11.9 Å². The Labute approximate surface area is 62.3 Å². The normalized spacial score (nSPS) is 10.8. The summed E-state index contributed by atoms with van der Waals surface area (Å²) in [4.78, 5) is 10.8. The molecule has 0 fully saturated rings. The largest absolute Gasteiger partial charge is 0.350 e. The Morgan fingerprint density at radius 2 is 2.20 bits per heavy atom. The molecule has 0 aromatic heterocycles. The number of hydrogen-bond acceptors (Lipinski definition) is 1. The minimum absolute atomic E-state index is 0.00292. The summed E-state index contributed by atoms with van der Waals surface area (Å²) >= 11 is 0. The second-order valence-corrected chi connectivity index (χ2v) is 2.47. The van der Waals surface area contributed by atoms with Gasteiger partial charge in [-0.1, -0.05) is 13.0 Å². The van der Waals surface area contributed by atoms with Crippen molar-refractivity contribution < 1.29 is 4.79 Å². The highest BCUT2D eigenvalue weighted by atomic mass is 16.1. The molecule has 1 amide bonds. The fraction of sp³-hybridized carbons (Fsp3) is 0.625. The van der Waals surface area contributed by atoms with Gasteiger partial charge in [0, 0.05) is 6.04 Å². The Bertz CT molecular complexity index is 127. The molecule has 0 saturated carbocycles. The lowest BCUT2D eigenvalue weighted by molar-refractivity contribution is -0.116. The van der Waals surface area contributed by atoms with Crippen molar-refractivity contribution in [3.05, 3.63) is 12.2 Å². The highest BCUT2D eigenvalue weighted by molar-refractivity contribution is 5.87. The molecule has 58 valence electrons. The Hall–Kier alpha value is -0.790. The molecule has 0 radical (unpaired) electrons. The van der Waals surface area contributed by atoms with E-state index < -0.39 is 0 Å². The summed E-state index contributed by atoms with van der Waals surface area (Å²) in [6.07, 6.45) is 4.32. The van der Waals surface area contributed by atoms with Crippen molar-refractivity contribution >= 4 is 5.91 Å². The van der Waals surface area contributed by atoms with Crippen molar-refractivity contribution in [2.24, 2.45) is 0 Å². The molecule has 2 heteroatoms. The molecule has 0 aliphatic rings. The van der Waals surface area contributed by atoms with Gasteiger partial charge in [-0.15, -0.1) is 0 Å². The third-order valence-electron chi connectivity index (χ3n) is 0.936. The molecule has 1 N–H and O–H groups in total. The van der Waals surface area contributed by atoms with E-state index in [2.05, 4.69) is 5.32 Å². The first-order valence-electron chi connectivity index (χ1n) is 3.63. The molecule has 0 aromatic rings. The van der Waals surface area contributed by atoms with E-state index in [0.717, 1.165) is 6.42 Å². The van der Waals surface area contributed by atoms with Crippen LogP contribution in [0.4, 0.5) is 0 Å². The lowest BCUT2D eigenvalue weighted by Gasteiger charge is -2.03. The van der Waals surface area contributed by atoms with Crippen LogP contribution in [0.1, 0.15) is 27.2 Å². The Balaban J connectivity index is 3.54. The average molecular weight is 141 g/mol. The predicted octanol–water partition coefficient (Wildman–Crippen LogP) is 1.48. The van der Waals surface area contributed by atoms with Gasteiger partial charge in [-0.05, 0) is 26.3 Å². The summed E-state index contributed by atoms with van der Waals surface area (Å²) in [6.45, 7) is 5.88. The quantitative estimate of drug-likeness (QED) is 0.592. The smallest absolute Gasteiger partial charge is 0.243 e. The van der Waals surface area contributed by atoms with Crippen LogP contribution in [0.15, 0.2) is 12.2 Å². The van der Waals surface area contributed by atoms with Crippen LogP contribution in [0.25, 0.3) is 0 Å². The van der Waals surface area contributed by atoms with Crippen LogP contribution >= 0.6 is 0 Å². The molecule has 0 aliphatic heterocycles. The maximum absolute atomic E-state index is 10.8. The first-order chi connectivity index (χ1) is 4.66. The van der Waals surface area contributed by atoms with E-state index in [-0.39, 0.29) is 11.9 Å². The first kappa shape index (κ1) is 9.21. The summed E-state index contributed by atoms with van der Waals surface area (Å²) in [5.41, 5.74) is 0. The lowest BCUT2D eigenvalue weighted by Crippen LogP contribution is -2.28. The molecule has 0 unspecified atom stereocenters. The van der Waals surface area contributed by atoms with Crippen molar-refractivity contribution in [1.82, 2.24) is 5.32 Å². The van der Waals surface area contributed by atoms with Crippen molar-refractivity contribution in [1.29, 1.82) is 0 Å². The summed E-state index contributed by atoms with van der Waals surface area (Å²) in [5, 5.41) is 2.75. The average Bonchev–Trinajstić information content (AvgIpc) is 1.82. The van der Waals surface area contributed by atoms with Gasteiger partial charge in [0.2, 0.25) is 5.91 Å². The zero-order chi connectivity index (χ0) is 7.98. The molecule has 0 bridgehead atoms. The summed E-state index contributed by atoms with van der Waals surface area (Å²) < 4.78 is 0. The van der Waals surface area contributed by atoms with Gasteiger partial charge in [-0.3, -0.25) is 4.79 Å². The molecule has 2 nitrogen and oxygen atoms in total. The van der Waals surface area contributed by atoms with E-state index in [9.17, 15) is 4.79 Å². The molecule has 0 rings (SSSR count). The van der Waals surface area contributed by atoms with Crippen LogP contribution < -0.4 is 5.32 Å². The van der Waals surface area contributed by atoms with Gasteiger partial charge in [-0.25, -0.2) is 0 Å². The van der Waals surface area contributed by atoms with Crippen molar-refractivity contribution in [2.45, 2.75) is 33.2 Å². The summed E-state index contributed by atoms with van der Waals surface area (Å²) in [5.74, 6) is -0.00292. The van der Waals surface area contributed by atoms with Gasteiger partial charge in [0.15, 0.2) is 0 Å². The minimum atomic E-state index is -0.00292. The van der Waals surface area contributed by atoms with Crippen LogP contribution in [-0.2, 0) is 4.79 Å². The lowest BCUT2D eigenvalue weighted by atomic mass is 10.3. The van der Waals surface area contributed by atoms with E-state index in [4.69, 9.17) is 0 Å². The molecule has 10 heavy (non-hydrogen) atoms. The highest BCUT2D eigenvalue weighted by Crippen LogP contribution is 1.81. The molecular weight excluding hydrogens is 126 g/mol. The molecule has 0 aliphatic carbocycles. The Morgan fingerprint density at radius 3 is 2.60 bits per heavy atom. The number of rotatable bonds is 3. The number of carbonyl (C=O) groups is 1. The minimum Gasteiger partial charge on any atom is -0.350 e. The third kappa shape index (κ3) is 5.35. The van der Waals surface area contributed by atoms with Crippen molar-refractivity contribution in [2.75, 3.05) is 0 Å². The van der Waals surface area contributed by atoms with E-state index in [0.29, 0.717) is 0 Å². The zero-order valence-corrected chi connectivity index (χ0v) is 6.85. The molecular formula is C8H15NO. The van der Waals surface area contributed by atoms with E-state index in [1.165, 1.54) is 0 Å². The molecule has 0 spiro atoms. The number of hydrogen-bond donors (Lipinski definition) is 1. The fourth-order valence-electron chi connectivity index (χ4n) is 0.558. The van der Waals surface area contributed by atoms with E-state index >= 15 is 0 Å². The van der Waals surface area contributed by atoms with Crippen molar-refractivity contribution in [3.8, 4) is 0 Å². The topological polar surface area (TPSA) is 29.1 Å². The monoisotopic (exact) mass is 141 g/mol. The zero-order valence-electron chi connectivity index (χ0n) is 6.85.